The van der Waals surface area contributed by atoms with Gasteiger partial charge in [-0.3, -0.25) is 4.57 Å². The monoisotopic (exact) mass is 289 g/mol. The van der Waals surface area contributed by atoms with Crippen molar-refractivity contribution in [2.24, 2.45) is 0 Å². The van der Waals surface area contributed by atoms with Gasteiger partial charge in [-0.1, -0.05) is 0 Å². The summed E-state index contributed by atoms with van der Waals surface area (Å²) in [4.78, 5) is 0. The topological polar surface area (TPSA) is 30.7 Å². The molecule has 0 amide bonds. The molecule has 2 rings (SSSR count). The van der Waals surface area contributed by atoms with Crippen LogP contribution in [0.3, 0.4) is 0 Å². The first-order valence-corrected chi connectivity index (χ1v) is 5.29. The molecule has 0 atom stereocenters. The van der Waals surface area contributed by atoms with Crippen molar-refractivity contribution in [1.29, 1.82) is 0 Å². The third-order valence-corrected chi connectivity index (χ3v) is 2.83. The molecule has 3 nitrogen and oxygen atoms in total. The second-order valence-corrected chi connectivity index (χ2v) is 4.14. The van der Waals surface area contributed by atoms with Crippen LogP contribution >= 0.6 is 27.5 Å². The lowest BCUT2D eigenvalue weighted by atomic mass is 10.3. The van der Waals surface area contributed by atoms with E-state index in [1.807, 2.05) is 0 Å². The first-order chi connectivity index (χ1) is 7.09. The minimum Gasteiger partial charge on any atom is -0.270 e. The molecule has 1 aromatic heterocycles. The smallest absolute Gasteiger partial charge is 0.229 e. The lowest BCUT2D eigenvalue weighted by Gasteiger charge is -2.05. The zero-order valence-corrected chi connectivity index (χ0v) is 10.0. The van der Waals surface area contributed by atoms with Crippen molar-refractivity contribution in [2.45, 2.75) is 6.92 Å². The van der Waals surface area contributed by atoms with E-state index in [-0.39, 0.29) is 11.1 Å². The van der Waals surface area contributed by atoms with Gasteiger partial charge in [0.25, 0.3) is 0 Å². The summed E-state index contributed by atoms with van der Waals surface area (Å²) in [6.07, 6.45) is 0. The van der Waals surface area contributed by atoms with Gasteiger partial charge in [0.2, 0.25) is 5.28 Å². The Morgan fingerprint density at radius 3 is 2.67 bits per heavy atom. The minimum absolute atomic E-state index is 0.217. The maximum atomic E-state index is 13.3. The van der Waals surface area contributed by atoms with Crippen LogP contribution in [0.25, 0.3) is 5.69 Å². The highest BCUT2D eigenvalue weighted by molar-refractivity contribution is 9.10. The molecule has 78 valence electrons. The van der Waals surface area contributed by atoms with Gasteiger partial charge in [-0.25, -0.2) is 4.39 Å². The van der Waals surface area contributed by atoms with E-state index < -0.39 is 0 Å². The van der Waals surface area contributed by atoms with E-state index in [0.29, 0.717) is 16.0 Å². The lowest BCUT2D eigenvalue weighted by molar-refractivity contribution is 0.619. The molecule has 0 radical (unpaired) electrons. The van der Waals surface area contributed by atoms with Crippen LogP contribution in [0.1, 0.15) is 5.82 Å². The van der Waals surface area contributed by atoms with Crippen LogP contribution in [0.2, 0.25) is 5.28 Å². The molecule has 15 heavy (non-hydrogen) atoms. The molecule has 0 N–H and O–H groups in total. The molecule has 6 heteroatoms. The SMILES string of the molecule is Cc1nnc(Cl)n1-c1ccc(Br)c(F)c1. The summed E-state index contributed by atoms with van der Waals surface area (Å²) in [6, 6.07) is 4.71. The van der Waals surface area contributed by atoms with Gasteiger partial charge in [-0.2, -0.15) is 0 Å². The van der Waals surface area contributed by atoms with Gasteiger partial charge in [0.1, 0.15) is 11.6 Å². The zero-order valence-electron chi connectivity index (χ0n) is 7.71. The summed E-state index contributed by atoms with van der Waals surface area (Å²) in [6.45, 7) is 1.75. The summed E-state index contributed by atoms with van der Waals surface area (Å²) in [5.41, 5.74) is 0.600. The third kappa shape index (κ3) is 1.89. The predicted molar refractivity (Wildman–Crippen MR) is 58.8 cm³/mol. The van der Waals surface area contributed by atoms with Crippen molar-refractivity contribution in [3.63, 3.8) is 0 Å². The van der Waals surface area contributed by atoms with Crippen LogP contribution in [0.15, 0.2) is 22.7 Å². The number of aromatic nitrogens is 3. The molecule has 0 aliphatic rings. The van der Waals surface area contributed by atoms with Crippen LogP contribution in [0.4, 0.5) is 4.39 Å². The van der Waals surface area contributed by atoms with Gasteiger partial charge >= 0.3 is 0 Å². The van der Waals surface area contributed by atoms with E-state index >= 15 is 0 Å². The lowest BCUT2D eigenvalue weighted by Crippen LogP contribution is -1.97. The zero-order chi connectivity index (χ0) is 11.0. The van der Waals surface area contributed by atoms with Crippen LogP contribution in [-0.4, -0.2) is 14.8 Å². The second-order valence-electron chi connectivity index (χ2n) is 2.95. The molecule has 2 aromatic rings. The molecule has 0 saturated heterocycles. The maximum Gasteiger partial charge on any atom is 0.229 e. The summed E-state index contributed by atoms with van der Waals surface area (Å²) >= 11 is 8.91. The summed E-state index contributed by atoms with van der Waals surface area (Å²) in [7, 11) is 0. The van der Waals surface area contributed by atoms with Gasteiger partial charge < -0.3 is 0 Å². The quantitative estimate of drug-likeness (QED) is 0.808. The standard InChI is InChI=1S/C9H6BrClFN3/c1-5-13-14-9(11)15(5)6-2-3-7(10)8(12)4-6/h2-4H,1H3. The van der Waals surface area contributed by atoms with E-state index in [9.17, 15) is 4.39 Å². The summed E-state index contributed by atoms with van der Waals surface area (Å²) in [5.74, 6) is 0.262. The highest BCUT2D eigenvalue weighted by Crippen LogP contribution is 2.21. The van der Waals surface area contributed by atoms with Crippen molar-refractivity contribution in [3.05, 3.63) is 39.6 Å². The average Bonchev–Trinajstić information content (AvgIpc) is 2.52. The van der Waals surface area contributed by atoms with Gasteiger partial charge in [0.15, 0.2) is 0 Å². The number of hydrogen-bond donors (Lipinski definition) is 0. The molecule has 0 aliphatic carbocycles. The van der Waals surface area contributed by atoms with E-state index in [2.05, 4.69) is 26.1 Å². The van der Waals surface area contributed by atoms with E-state index in [1.54, 1.807) is 23.6 Å². The molecule has 0 aliphatic heterocycles. The third-order valence-electron chi connectivity index (χ3n) is 1.95. The Morgan fingerprint density at radius 2 is 2.13 bits per heavy atom. The average molecular weight is 291 g/mol. The van der Waals surface area contributed by atoms with Crippen molar-refractivity contribution in [3.8, 4) is 5.69 Å². The number of halogens is 3. The maximum absolute atomic E-state index is 13.3. The molecule has 0 fully saturated rings. The van der Waals surface area contributed by atoms with Gasteiger partial charge in [-0.15, -0.1) is 10.2 Å². The van der Waals surface area contributed by atoms with Crippen LogP contribution < -0.4 is 0 Å². The van der Waals surface area contributed by atoms with Crippen molar-refractivity contribution < 1.29 is 4.39 Å². The Hall–Kier alpha value is -0.940. The van der Waals surface area contributed by atoms with Crippen molar-refractivity contribution >= 4 is 27.5 Å². The van der Waals surface area contributed by atoms with E-state index in [1.165, 1.54) is 6.07 Å². The van der Waals surface area contributed by atoms with Crippen LogP contribution in [0.5, 0.6) is 0 Å². The Labute approximate surface area is 99.0 Å². The molecular formula is C9H6BrClFN3. The van der Waals surface area contributed by atoms with E-state index in [0.717, 1.165) is 0 Å². The van der Waals surface area contributed by atoms with Crippen LogP contribution in [0, 0.1) is 12.7 Å². The number of hydrogen-bond acceptors (Lipinski definition) is 2. The Morgan fingerprint density at radius 1 is 1.40 bits per heavy atom. The largest absolute Gasteiger partial charge is 0.270 e. The Bertz CT molecular complexity index is 493. The molecule has 0 spiro atoms. The summed E-state index contributed by atoms with van der Waals surface area (Å²) < 4.78 is 15.3. The Kier molecular flexibility index (Phi) is 2.75. The normalized spacial score (nSPS) is 10.7. The minimum atomic E-state index is -0.350. The molecule has 0 unspecified atom stereocenters. The molecule has 0 bridgehead atoms. The van der Waals surface area contributed by atoms with Gasteiger partial charge in [0, 0.05) is 0 Å². The van der Waals surface area contributed by atoms with Crippen LogP contribution in [-0.2, 0) is 0 Å². The second kappa shape index (κ2) is 3.90. The highest BCUT2D eigenvalue weighted by Gasteiger charge is 2.09. The first-order valence-electron chi connectivity index (χ1n) is 4.12. The van der Waals surface area contributed by atoms with Gasteiger partial charge in [0.05, 0.1) is 10.2 Å². The van der Waals surface area contributed by atoms with Crippen molar-refractivity contribution in [2.75, 3.05) is 0 Å². The number of rotatable bonds is 1. The fourth-order valence-corrected chi connectivity index (χ4v) is 1.76. The fourth-order valence-electron chi connectivity index (χ4n) is 1.25. The number of benzene rings is 1. The van der Waals surface area contributed by atoms with Crippen molar-refractivity contribution in [1.82, 2.24) is 14.8 Å². The fraction of sp³-hybridized carbons (Fsp3) is 0.111. The summed E-state index contributed by atoms with van der Waals surface area (Å²) in [5, 5.41) is 7.70. The number of aryl methyl sites for hydroxylation is 1. The Balaban J connectivity index is 2.59. The molecule has 1 heterocycles. The number of nitrogens with zero attached hydrogens (tertiary/aromatic N) is 3. The molecule has 0 saturated carbocycles. The highest BCUT2D eigenvalue weighted by atomic mass is 79.9. The van der Waals surface area contributed by atoms with Gasteiger partial charge in [-0.05, 0) is 52.7 Å². The molecular weight excluding hydrogens is 284 g/mol. The predicted octanol–water partition coefficient (Wildman–Crippen LogP) is 3.13. The van der Waals surface area contributed by atoms with E-state index in [4.69, 9.17) is 11.6 Å². The molecule has 1 aromatic carbocycles. The first kappa shape index (κ1) is 10.6.